The first-order valence-corrected chi connectivity index (χ1v) is 34.1. The number of carbonyl (C=O) groups is 3. The molecule has 0 bridgehead atoms. The number of aliphatic carboxylic acids is 1. The number of aliphatic hydroxyl groups is 11. The third-order valence-corrected chi connectivity index (χ3v) is 17.6. The molecule has 24 nitrogen and oxygen atoms in total. The van der Waals surface area contributed by atoms with E-state index in [0.717, 1.165) is 65.4 Å². The molecule has 0 saturated carbocycles. The highest BCUT2D eigenvalue weighted by Crippen LogP contribution is 2.39. The fourth-order valence-electron chi connectivity index (χ4n) is 12.0. The molecule has 3 aliphatic heterocycles. The summed E-state index contributed by atoms with van der Waals surface area (Å²) in [6.45, 7) is 2.25. The highest BCUT2D eigenvalue weighted by Gasteiger charge is 2.60. The van der Waals surface area contributed by atoms with Crippen LogP contribution in [0.4, 0.5) is 0 Å². The lowest BCUT2D eigenvalue weighted by atomic mass is 9.88. The number of methoxy groups -OCH3 is 1. The number of carbonyl (C=O) groups excluding carboxylic acids is 2. The van der Waals surface area contributed by atoms with Gasteiger partial charge in [-0.1, -0.05) is 212 Å². The Hall–Kier alpha value is -2.57. The lowest BCUT2D eigenvalue weighted by Gasteiger charge is -2.50. The van der Waals surface area contributed by atoms with Crippen molar-refractivity contribution in [1.82, 2.24) is 10.6 Å². The Morgan fingerprint density at radius 2 is 1.10 bits per heavy atom. The number of amides is 2. The van der Waals surface area contributed by atoms with E-state index in [9.17, 15) is 75.7 Å². The molecule has 0 aromatic heterocycles. The van der Waals surface area contributed by atoms with Gasteiger partial charge in [0.2, 0.25) is 11.8 Å². The number of carboxylic acid groups (broad SMARTS) is 1. The molecule has 14 N–H and O–H groups in total. The van der Waals surface area contributed by atoms with E-state index >= 15 is 0 Å². The second-order valence-corrected chi connectivity index (χ2v) is 25.0. The van der Waals surface area contributed by atoms with Gasteiger partial charge in [0.25, 0.3) is 5.79 Å². The minimum atomic E-state index is -3.04. The first-order valence-electron chi connectivity index (χ1n) is 34.1. The van der Waals surface area contributed by atoms with Crippen molar-refractivity contribution in [3.05, 3.63) is 12.2 Å². The van der Waals surface area contributed by atoms with Crippen LogP contribution in [0.1, 0.15) is 233 Å². The Morgan fingerprint density at radius 1 is 0.618 bits per heavy atom. The van der Waals surface area contributed by atoms with Crippen LogP contribution in [0.3, 0.4) is 0 Å². The molecule has 0 radical (unpaired) electrons. The summed E-state index contributed by atoms with van der Waals surface area (Å²) in [5.41, 5.74) is 0. The van der Waals surface area contributed by atoms with Gasteiger partial charge < -0.3 is 105 Å². The number of unbranched alkanes of at least 4 members (excludes halogenated alkanes) is 29. The molecule has 3 aliphatic rings. The number of hydrogen-bond donors (Lipinski definition) is 14. The van der Waals surface area contributed by atoms with Gasteiger partial charge >= 0.3 is 5.97 Å². The Morgan fingerprint density at radius 3 is 1.56 bits per heavy atom. The van der Waals surface area contributed by atoms with Crippen molar-refractivity contribution in [2.24, 2.45) is 0 Å². The maximum atomic E-state index is 13.5. The first kappa shape index (κ1) is 80.7. The Balaban J connectivity index is 1.65. The maximum Gasteiger partial charge on any atom is 0.364 e. The Labute approximate surface area is 529 Å². The molecule has 2 amide bonds. The third-order valence-electron chi connectivity index (χ3n) is 17.6. The van der Waals surface area contributed by atoms with Gasteiger partial charge in [-0.05, 0) is 19.3 Å². The molecular weight excluding hydrogens is 1160 g/mol. The minimum Gasteiger partial charge on any atom is -0.477 e. The molecule has 0 aromatic carbocycles. The molecule has 3 fully saturated rings. The van der Waals surface area contributed by atoms with Gasteiger partial charge in [-0.2, -0.15) is 0 Å². The predicted molar refractivity (Wildman–Crippen MR) is 331 cm³/mol. The topological polar surface area (TPSA) is 383 Å². The molecule has 0 unspecified atom stereocenters. The van der Waals surface area contributed by atoms with Crippen LogP contribution in [0.15, 0.2) is 12.2 Å². The van der Waals surface area contributed by atoms with E-state index < -0.39 is 167 Å². The summed E-state index contributed by atoms with van der Waals surface area (Å²) < 4.78 is 40.0. The third kappa shape index (κ3) is 28.9. The number of rotatable bonds is 51. The molecule has 24 heteroatoms. The summed E-state index contributed by atoms with van der Waals surface area (Å²) in [7, 11) is 1.11. The minimum absolute atomic E-state index is 0.187. The lowest BCUT2D eigenvalue weighted by Crippen LogP contribution is -2.71. The summed E-state index contributed by atoms with van der Waals surface area (Å²) in [6.07, 6.45) is 9.83. The predicted octanol–water partition coefficient (Wildman–Crippen LogP) is 4.74. The second-order valence-electron chi connectivity index (χ2n) is 25.0. The van der Waals surface area contributed by atoms with Crippen LogP contribution in [0.2, 0.25) is 0 Å². The number of hydrogen-bond acceptors (Lipinski definition) is 21. The molecule has 3 heterocycles. The summed E-state index contributed by atoms with van der Waals surface area (Å²) in [4.78, 5) is 38.8. The SMILES string of the molecule is CCCCCCCCCCCCCC/C=C/[C@@H](O)[C@H](CO[C@@H]1O[C@H](CO)[C@@H](O[C@@H]2O[C@H](CO)[C@H](O)[C@H](O[C@]3(C(=O)O)C[C@H](O)[C@@H](NC(C)=O)[C@H]([C@H](O)[C@@H](CO)OC)O3)[C@H]2O)[C@H](O)[C@H]1O)NC(=O)[C@H](O)CCCCCCCCCCCCCCCCCCCC. The standard InChI is InChI=1S/C65H120N2O22/c1-5-7-9-11-13-15-17-19-21-22-23-24-26-28-30-32-34-36-38-47(73)61(80)67-45(46(72)37-35-33-31-29-27-25-20-18-16-14-12-10-8-6-2)43-84-62-56(78)55(77)58(51(42-70)86-62)87-63-57(79)60(54(76)50(41-69)85-63)89-65(64(81)82)39-48(74)52(66-44(3)71)59(88-65)53(75)49(40-68)83-4/h35,37,45-60,62-63,68-70,72-79H,5-34,36,38-43H2,1-4H3,(H,66,71)(H,67,80)(H,81,82)/b37-35+/t45-,46+,47+,48-,49+,50+,51+,52+,53+,54-,55+,56+,57+,58+,59+,60-,62+,63-,65-/m0/s1. The van der Waals surface area contributed by atoms with Gasteiger partial charge in [0, 0.05) is 20.5 Å². The highest BCUT2D eigenvalue weighted by atomic mass is 16.8. The van der Waals surface area contributed by atoms with Crippen molar-refractivity contribution in [3.8, 4) is 0 Å². The van der Waals surface area contributed by atoms with E-state index in [1.807, 2.05) is 0 Å². The molecular formula is C65H120N2O22. The largest absolute Gasteiger partial charge is 0.477 e. The van der Waals surface area contributed by atoms with Crippen LogP contribution in [0.25, 0.3) is 0 Å². The fourth-order valence-corrected chi connectivity index (χ4v) is 12.0. The number of carboxylic acids is 1. The van der Waals surface area contributed by atoms with Gasteiger partial charge in [-0.25, -0.2) is 4.79 Å². The average molecular weight is 1280 g/mol. The van der Waals surface area contributed by atoms with Crippen LogP contribution in [0.5, 0.6) is 0 Å². The van der Waals surface area contributed by atoms with E-state index in [1.54, 1.807) is 6.08 Å². The van der Waals surface area contributed by atoms with E-state index in [2.05, 4.69) is 24.5 Å². The summed E-state index contributed by atoms with van der Waals surface area (Å²) >= 11 is 0. The molecule has 3 saturated heterocycles. The molecule has 0 spiro atoms. The molecule has 3 rings (SSSR count). The van der Waals surface area contributed by atoms with Crippen molar-refractivity contribution in [2.45, 2.75) is 349 Å². The van der Waals surface area contributed by atoms with E-state index in [4.69, 9.17) is 33.2 Å². The van der Waals surface area contributed by atoms with E-state index in [1.165, 1.54) is 141 Å². The van der Waals surface area contributed by atoms with E-state index in [0.29, 0.717) is 12.8 Å². The summed E-state index contributed by atoms with van der Waals surface area (Å²) in [6, 6.07) is -2.71. The zero-order chi connectivity index (χ0) is 65.6. The number of nitrogens with one attached hydrogen (secondary N) is 2. The molecule has 0 aliphatic carbocycles. The van der Waals surface area contributed by atoms with E-state index in [-0.39, 0.29) is 6.42 Å². The van der Waals surface area contributed by atoms with Crippen molar-refractivity contribution >= 4 is 17.8 Å². The zero-order valence-corrected chi connectivity index (χ0v) is 54.2. The van der Waals surface area contributed by atoms with Crippen LogP contribution < -0.4 is 10.6 Å². The molecule has 19 atom stereocenters. The van der Waals surface area contributed by atoms with Crippen LogP contribution >= 0.6 is 0 Å². The van der Waals surface area contributed by atoms with Crippen molar-refractivity contribution in [3.63, 3.8) is 0 Å². The van der Waals surface area contributed by atoms with Gasteiger partial charge in [-0.15, -0.1) is 0 Å². The van der Waals surface area contributed by atoms with Crippen molar-refractivity contribution < 1.29 is 109 Å². The zero-order valence-electron chi connectivity index (χ0n) is 54.2. The van der Waals surface area contributed by atoms with Crippen LogP contribution in [0, 0.1) is 0 Å². The summed E-state index contributed by atoms with van der Waals surface area (Å²) in [5, 5.41) is 137. The quantitative estimate of drug-likeness (QED) is 0.0289. The number of aliphatic hydroxyl groups excluding tert-OH is 11. The van der Waals surface area contributed by atoms with Crippen molar-refractivity contribution in [1.29, 1.82) is 0 Å². The van der Waals surface area contributed by atoms with Gasteiger partial charge in [0.05, 0.1) is 50.7 Å². The molecule has 0 aromatic rings. The normalized spacial score (nSPS) is 29.2. The molecule has 522 valence electrons. The highest BCUT2D eigenvalue weighted by molar-refractivity contribution is 5.80. The Kier molecular flexibility index (Phi) is 42.2. The Bertz CT molecular complexity index is 1870. The molecule has 89 heavy (non-hydrogen) atoms. The second kappa shape index (κ2) is 46.5. The van der Waals surface area contributed by atoms with Crippen molar-refractivity contribution in [2.75, 3.05) is 33.5 Å². The number of ether oxygens (including phenoxy) is 7. The van der Waals surface area contributed by atoms with Crippen LogP contribution in [-0.4, -0.2) is 229 Å². The monoisotopic (exact) mass is 1280 g/mol. The number of allylic oxidation sites excluding steroid dienone is 1. The van der Waals surface area contributed by atoms with Gasteiger partial charge in [-0.3, -0.25) is 9.59 Å². The summed E-state index contributed by atoms with van der Waals surface area (Å²) in [5.74, 6) is -6.46. The van der Waals surface area contributed by atoms with Crippen LogP contribution in [-0.2, 0) is 47.5 Å². The lowest BCUT2D eigenvalue weighted by molar-refractivity contribution is -0.386. The first-order chi connectivity index (χ1) is 42.8. The maximum absolute atomic E-state index is 13.5. The average Bonchev–Trinajstić information content (AvgIpc) is 0.816. The fraction of sp³-hybridized carbons (Fsp3) is 0.923. The van der Waals surface area contributed by atoms with Gasteiger partial charge in [0.15, 0.2) is 12.6 Å². The van der Waals surface area contributed by atoms with Gasteiger partial charge in [0.1, 0.15) is 73.2 Å². The smallest absolute Gasteiger partial charge is 0.364 e.